The average Bonchev–Trinajstić information content (AvgIpc) is 3.52. The molecule has 1 heterocycles. The second-order valence-electron chi connectivity index (χ2n) is 8.67. The Kier molecular flexibility index (Phi) is 6.02. The molecule has 2 aliphatic carbocycles. The third kappa shape index (κ3) is 4.05. The highest BCUT2D eigenvalue weighted by atomic mass is 35.5. The molecule has 2 bridgehead atoms. The molecular formula is C25H22ClN3O6. The summed E-state index contributed by atoms with van der Waals surface area (Å²) in [6.07, 6.45) is 6.09. The van der Waals surface area contributed by atoms with E-state index >= 15 is 0 Å². The zero-order chi connectivity index (χ0) is 24.7. The number of allylic oxidation sites excluding steroid dienone is 2. The number of hydrogen-bond acceptors (Lipinski definition) is 7. The van der Waals surface area contributed by atoms with E-state index in [4.69, 9.17) is 21.1 Å². The minimum absolute atomic E-state index is 0.00392. The van der Waals surface area contributed by atoms with Crippen LogP contribution < -0.4 is 9.47 Å². The van der Waals surface area contributed by atoms with Crippen LogP contribution in [0.25, 0.3) is 0 Å². The van der Waals surface area contributed by atoms with Gasteiger partial charge in [-0.15, -0.1) is 0 Å². The quantitative estimate of drug-likeness (QED) is 0.177. The van der Waals surface area contributed by atoms with Gasteiger partial charge in [0.1, 0.15) is 6.61 Å². The number of halogens is 1. The second kappa shape index (κ2) is 9.14. The lowest BCUT2D eigenvalue weighted by Crippen LogP contribution is -2.28. The number of rotatable bonds is 8. The van der Waals surface area contributed by atoms with Crippen molar-refractivity contribution in [3.8, 4) is 11.5 Å². The van der Waals surface area contributed by atoms with E-state index in [1.807, 2.05) is 12.2 Å². The molecule has 2 amide bonds. The second-order valence-corrected chi connectivity index (χ2v) is 9.08. The summed E-state index contributed by atoms with van der Waals surface area (Å²) in [7, 11) is 0. The smallest absolute Gasteiger partial charge is 0.315 e. The van der Waals surface area contributed by atoms with Crippen LogP contribution in [0.15, 0.2) is 53.7 Å². The molecule has 35 heavy (non-hydrogen) atoms. The molecule has 9 nitrogen and oxygen atoms in total. The van der Waals surface area contributed by atoms with Gasteiger partial charge in [0.2, 0.25) is 5.75 Å². The average molecular weight is 496 g/mol. The maximum atomic E-state index is 12.8. The molecule has 0 unspecified atom stereocenters. The van der Waals surface area contributed by atoms with Crippen molar-refractivity contribution >= 4 is 35.3 Å². The van der Waals surface area contributed by atoms with Gasteiger partial charge >= 0.3 is 5.69 Å². The van der Waals surface area contributed by atoms with Crippen LogP contribution in [0.3, 0.4) is 0 Å². The summed E-state index contributed by atoms with van der Waals surface area (Å²) in [6.45, 7) is 1.99. The molecule has 1 saturated heterocycles. The standard InChI is InChI=1S/C25H22ClN3O6/c1-2-34-20-10-14(9-19(29(32)33)23(20)35-13-17-5-3-4-6-18(17)26)12-27-28-24(30)21-15-7-8-16(11-15)22(21)25(28)31/h3-10,12,15-16,21-22H,2,11,13H2,1H3/t15-,16-,21-,22+/m0/s1. The SMILES string of the molecule is CCOc1cc(C=NN2C(=O)[C@@H]3[C@H](C2=O)[C@H]2C=C[C@H]3C2)cc([N+](=O)[O-])c1OCc1ccccc1Cl. The molecule has 2 aromatic carbocycles. The van der Waals surface area contributed by atoms with Crippen molar-refractivity contribution in [1.29, 1.82) is 0 Å². The Balaban J connectivity index is 1.42. The van der Waals surface area contributed by atoms with Gasteiger partial charge in [0.15, 0.2) is 5.75 Å². The Morgan fingerprint density at radius 1 is 1.14 bits per heavy atom. The van der Waals surface area contributed by atoms with Crippen LogP contribution in [0.2, 0.25) is 5.02 Å². The van der Waals surface area contributed by atoms with E-state index in [1.165, 1.54) is 18.3 Å². The van der Waals surface area contributed by atoms with Crippen molar-refractivity contribution < 1.29 is 24.0 Å². The van der Waals surface area contributed by atoms with Gasteiger partial charge in [-0.2, -0.15) is 10.1 Å². The van der Waals surface area contributed by atoms with Crippen molar-refractivity contribution in [1.82, 2.24) is 5.01 Å². The zero-order valence-electron chi connectivity index (χ0n) is 18.8. The highest BCUT2D eigenvalue weighted by Crippen LogP contribution is 2.52. The number of carbonyl (C=O) groups excluding carboxylic acids is 2. The van der Waals surface area contributed by atoms with E-state index in [0.29, 0.717) is 16.1 Å². The van der Waals surface area contributed by atoms with E-state index in [9.17, 15) is 19.7 Å². The summed E-state index contributed by atoms with van der Waals surface area (Å²) in [5.74, 6) is -1.15. The van der Waals surface area contributed by atoms with Gasteiger partial charge < -0.3 is 9.47 Å². The number of benzene rings is 2. The number of nitrogens with zero attached hydrogens (tertiary/aromatic N) is 3. The molecule has 2 fully saturated rings. The topological polar surface area (TPSA) is 111 Å². The van der Waals surface area contributed by atoms with E-state index in [0.717, 1.165) is 11.4 Å². The first kappa shape index (κ1) is 23.0. The fourth-order valence-corrected chi connectivity index (χ4v) is 5.31. The van der Waals surface area contributed by atoms with Gasteiger partial charge in [-0.3, -0.25) is 19.7 Å². The van der Waals surface area contributed by atoms with Gasteiger partial charge in [-0.05, 0) is 37.3 Å². The summed E-state index contributed by atoms with van der Waals surface area (Å²) in [4.78, 5) is 37.0. The Bertz CT molecular complexity index is 1250. The van der Waals surface area contributed by atoms with Gasteiger partial charge in [0, 0.05) is 22.2 Å². The summed E-state index contributed by atoms with van der Waals surface area (Å²) >= 11 is 6.18. The normalized spacial score (nSPS) is 24.5. The van der Waals surface area contributed by atoms with Crippen LogP contribution in [-0.4, -0.2) is 34.6 Å². The van der Waals surface area contributed by atoms with Crippen LogP contribution in [-0.2, 0) is 16.2 Å². The molecular weight excluding hydrogens is 474 g/mol. The molecule has 1 saturated carbocycles. The van der Waals surface area contributed by atoms with Gasteiger partial charge in [0.05, 0.1) is 29.6 Å². The monoisotopic (exact) mass is 495 g/mol. The number of hydrogen-bond donors (Lipinski definition) is 0. The van der Waals surface area contributed by atoms with Crippen molar-refractivity contribution in [2.24, 2.45) is 28.8 Å². The van der Waals surface area contributed by atoms with Crippen LogP contribution in [0.1, 0.15) is 24.5 Å². The third-order valence-corrected chi connectivity index (χ3v) is 7.02. The van der Waals surface area contributed by atoms with Gasteiger partial charge in [0.25, 0.3) is 11.8 Å². The molecule has 0 aromatic heterocycles. The number of carbonyl (C=O) groups is 2. The fourth-order valence-electron chi connectivity index (χ4n) is 5.12. The summed E-state index contributed by atoms with van der Waals surface area (Å²) in [5.41, 5.74) is 0.628. The number of amides is 2. The molecule has 0 N–H and O–H groups in total. The molecule has 0 radical (unpaired) electrons. The van der Waals surface area contributed by atoms with Gasteiger partial charge in [-0.1, -0.05) is 42.0 Å². The predicted octanol–water partition coefficient (Wildman–Crippen LogP) is 4.37. The summed E-state index contributed by atoms with van der Waals surface area (Å²) in [5, 5.41) is 17.4. The molecule has 1 aliphatic heterocycles. The summed E-state index contributed by atoms with van der Waals surface area (Å²) < 4.78 is 11.4. The molecule has 0 spiro atoms. The number of ether oxygens (including phenoxy) is 2. The lowest BCUT2D eigenvalue weighted by Gasteiger charge is -2.14. The third-order valence-electron chi connectivity index (χ3n) is 6.65. The minimum Gasteiger partial charge on any atom is -0.490 e. The van der Waals surface area contributed by atoms with Crippen molar-refractivity contribution in [3.63, 3.8) is 0 Å². The van der Waals surface area contributed by atoms with Crippen LogP contribution in [0.4, 0.5) is 5.69 Å². The first-order chi connectivity index (χ1) is 16.9. The van der Waals surface area contributed by atoms with E-state index in [1.54, 1.807) is 31.2 Å². The van der Waals surface area contributed by atoms with E-state index in [2.05, 4.69) is 5.10 Å². The number of hydrazone groups is 1. The Morgan fingerprint density at radius 3 is 2.46 bits per heavy atom. The van der Waals surface area contributed by atoms with Crippen LogP contribution >= 0.6 is 11.6 Å². The Labute approximate surface area is 206 Å². The Hall–Kier alpha value is -3.72. The van der Waals surface area contributed by atoms with Crippen LogP contribution in [0.5, 0.6) is 11.5 Å². The van der Waals surface area contributed by atoms with Gasteiger partial charge in [-0.25, -0.2) is 0 Å². The van der Waals surface area contributed by atoms with Crippen molar-refractivity contribution in [3.05, 3.63) is 74.8 Å². The Morgan fingerprint density at radius 2 is 1.83 bits per heavy atom. The largest absolute Gasteiger partial charge is 0.490 e. The number of nitro benzene ring substituents is 1. The molecule has 4 atom stereocenters. The van der Waals surface area contributed by atoms with E-state index < -0.39 is 4.92 Å². The highest BCUT2D eigenvalue weighted by molar-refractivity contribution is 6.31. The predicted molar refractivity (Wildman–Crippen MR) is 127 cm³/mol. The first-order valence-electron chi connectivity index (χ1n) is 11.3. The van der Waals surface area contributed by atoms with Crippen LogP contribution in [0, 0.1) is 33.8 Å². The molecule has 180 valence electrons. The lowest BCUT2D eigenvalue weighted by atomic mass is 9.85. The van der Waals surface area contributed by atoms with Crippen molar-refractivity contribution in [2.45, 2.75) is 20.0 Å². The lowest BCUT2D eigenvalue weighted by molar-refractivity contribution is -0.386. The van der Waals surface area contributed by atoms with Crippen molar-refractivity contribution in [2.75, 3.05) is 6.61 Å². The number of imide groups is 1. The zero-order valence-corrected chi connectivity index (χ0v) is 19.6. The first-order valence-corrected chi connectivity index (χ1v) is 11.7. The number of nitro groups is 1. The van der Waals surface area contributed by atoms with E-state index in [-0.39, 0.29) is 65.9 Å². The molecule has 5 rings (SSSR count). The maximum absolute atomic E-state index is 12.8. The fraction of sp³-hybridized carbons (Fsp3) is 0.320. The summed E-state index contributed by atoms with van der Waals surface area (Å²) in [6, 6.07) is 9.83. The highest BCUT2D eigenvalue weighted by Gasteiger charge is 2.59. The number of fused-ring (bicyclic) bond motifs is 5. The molecule has 2 aromatic rings. The molecule has 10 heteroatoms. The molecule has 3 aliphatic rings. The maximum Gasteiger partial charge on any atom is 0.315 e. The minimum atomic E-state index is -0.582.